The summed E-state index contributed by atoms with van der Waals surface area (Å²) < 4.78 is 0. The molecule has 0 radical (unpaired) electrons. The van der Waals surface area contributed by atoms with Crippen molar-refractivity contribution in [2.24, 2.45) is 0 Å². The Hall–Kier alpha value is -2.99. The first kappa shape index (κ1) is 17.4. The highest BCUT2D eigenvalue weighted by atomic mass is 16.7. The molecule has 0 spiro atoms. The lowest BCUT2D eigenvalue weighted by Crippen LogP contribution is -2.36. The highest BCUT2D eigenvalue weighted by molar-refractivity contribution is 5.89. The molecule has 1 aromatic heterocycles. The predicted molar refractivity (Wildman–Crippen MR) is 103 cm³/mol. The molecule has 1 N–H and O–H groups in total. The van der Waals surface area contributed by atoms with E-state index in [9.17, 15) is 9.59 Å². The van der Waals surface area contributed by atoms with Gasteiger partial charge in [0.15, 0.2) is 0 Å². The Labute approximate surface area is 156 Å². The van der Waals surface area contributed by atoms with Crippen LogP contribution in [0.4, 0.5) is 0 Å². The van der Waals surface area contributed by atoms with E-state index in [0.717, 1.165) is 29.4 Å². The van der Waals surface area contributed by atoms with Gasteiger partial charge in [-0.1, -0.05) is 24.3 Å². The zero-order valence-corrected chi connectivity index (χ0v) is 15.1. The van der Waals surface area contributed by atoms with Crippen molar-refractivity contribution in [1.29, 1.82) is 0 Å². The molecular formula is C21H21N3O3. The van der Waals surface area contributed by atoms with Gasteiger partial charge in [-0.15, -0.1) is 5.06 Å². The van der Waals surface area contributed by atoms with E-state index >= 15 is 0 Å². The normalized spacial score (nSPS) is 15.7. The average molecular weight is 363 g/mol. The molecule has 2 heterocycles. The van der Waals surface area contributed by atoms with E-state index in [0.29, 0.717) is 24.3 Å². The number of aromatic amines is 1. The predicted octanol–water partition coefficient (Wildman–Crippen LogP) is 3.18. The summed E-state index contributed by atoms with van der Waals surface area (Å²) in [5.74, 6) is -0.294. The number of aryl methyl sites for hydroxylation is 1. The van der Waals surface area contributed by atoms with Crippen molar-refractivity contribution in [3.8, 4) is 0 Å². The molecule has 1 aliphatic rings. The Morgan fingerprint density at radius 1 is 1.15 bits per heavy atom. The molecule has 0 aliphatic carbocycles. The molecule has 0 bridgehead atoms. The molecule has 6 heteroatoms. The van der Waals surface area contributed by atoms with Crippen LogP contribution >= 0.6 is 0 Å². The Bertz CT molecular complexity index is 1020. The Morgan fingerprint density at radius 2 is 1.89 bits per heavy atom. The van der Waals surface area contributed by atoms with Gasteiger partial charge in [-0.25, -0.2) is 9.78 Å². The number of carbonyl (C=O) groups is 1. The number of nitrogens with zero attached hydrogens (tertiary/aromatic N) is 2. The number of benzene rings is 2. The number of carbonyl (C=O) groups excluding carboxylic acids is 1. The summed E-state index contributed by atoms with van der Waals surface area (Å²) in [7, 11) is 0. The van der Waals surface area contributed by atoms with Crippen LogP contribution in [0.15, 0.2) is 53.3 Å². The van der Waals surface area contributed by atoms with Gasteiger partial charge >= 0.3 is 5.97 Å². The van der Waals surface area contributed by atoms with Crippen LogP contribution in [0.2, 0.25) is 0 Å². The summed E-state index contributed by atoms with van der Waals surface area (Å²) >= 11 is 0. The fourth-order valence-electron chi connectivity index (χ4n) is 3.46. The summed E-state index contributed by atoms with van der Waals surface area (Å²) in [5, 5.41) is 1.67. The van der Waals surface area contributed by atoms with Crippen molar-refractivity contribution in [2.75, 3.05) is 13.1 Å². The van der Waals surface area contributed by atoms with Gasteiger partial charge in [-0.05, 0) is 49.6 Å². The molecule has 0 unspecified atom stereocenters. The topological polar surface area (TPSA) is 75.3 Å². The van der Waals surface area contributed by atoms with E-state index in [1.165, 1.54) is 0 Å². The van der Waals surface area contributed by atoms with Gasteiger partial charge in [-0.2, -0.15) is 0 Å². The van der Waals surface area contributed by atoms with Crippen LogP contribution in [0.25, 0.3) is 11.0 Å². The van der Waals surface area contributed by atoms with E-state index in [1.54, 1.807) is 17.2 Å². The van der Waals surface area contributed by atoms with Crippen LogP contribution in [0.3, 0.4) is 0 Å². The second-order valence-corrected chi connectivity index (χ2v) is 6.92. The lowest BCUT2D eigenvalue weighted by molar-refractivity contribution is -0.122. The number of piperidine rings is 1. The van der Waals surface area contributed by atoms with Crippen molar-refractivity contribution < 1.29 is 9.63 Å². The smallest absolute Gasteiger partial charge is 0.357 e. The lowest BCUT2D eigenvalue weighted by Gasteiger charge is -2.29. The monoisotopic (exact) mass is 363 g/mol. The maximum atomic E-state index is 12.5. The van der Waals surface area contributed by atoms with E-state index in [4.69, 9.17) is 4.84 Å². The molecule has 4 rings (SSSR count). The van der Waals surface area contributed by atoms with Crippen LogP contribution in [-0.2, 0) is 4.84 Å². The third kappa shape index (κ3) is 3.75. The first-order chi connectivity index (χ1) is 13.1. The maximum absolute atomic E-state index is 12.5. The van der Waals surface area contributed by atoms with Crippen molar-refractivity contribution in [1.82, 2.24) is 15.0 Å². The van der Waals surface area contributed by atoms with E-state index < -0.39 is 0 Å². The van der Waals surface area contributed by atoms with Crippen LogP contribution in [0, 0.1) is 6.92 Å². The van der Waals surface area contributed by atoms with Crippen molar-refractivity contribution in [3.05, 3.63) is 75.7 Å². The van der Waals surface area contributed by atoms with E-state index in [2.05, 4.69) is 9.97 Å². The Kier molecular flexibility index (Phi) is 4.73. The summed E-state index contributed by atoms with van der Waals surface area (Å²) in [6, 6.07) is 14.8. The first-order valence-corrected chi connectivity index (χ1v) is 9.13. The van der Waals surface area contributed by atoms with Gasteiger partial charge in [0.25, 0.3) is 5.56 Å². The van der Waals surface area contributed by atoms with Gasteiger partial charge in [0, 0.05) is 19.0 Å². The molecule has 2 aromatic carbocycles. The molecule has 27 heavy (non-hydrogen) atoms. The second kappa shape index (κ2) is 7.32. The number of nitrogens with one attached hydrogen (secondary N) is 1. The average Bonchev–Trinajstić information content (AvgIpc) is 2.69. The molecule has 3 aromatic rings. The van der Waals surface area contributed by atoms with Gasteiger partial charge in [0.2, 0.25) is 0 Å². The second-order valence-electron chi connectivity index (χ2n) is 6.92. The molecule has 0 atom stereocenters. The maximum Gasteiger partial charge on any atom is 0.357 e. The molecule has 0 amide bonds. The quantitative estimate of drug-likeness (QED) is 0.773. The molecule has 1 fully saturated rings. The highest BCUT2D eigenvalue weighted by Gasteiger charge is 2.26. The molecular weight excluding hydrogens is 342 g/mol. The van der Waals surface area contributed by atoms with Gasteiger partial charge in [0.05, 0.1) is 16.6 Å². The molecule has 138 valence electrons. The molecule has 6 nitrogen and oxygen atoms in total. The largest absolute Gasteiger partial charge is 0.364 e. The van der Waals surface area contributed by atoms with Gasteiger partial charge in [0.1, 0.15) is 5.69 Å². The number of hydrogen-bond donors (Lipinski definition) is 1. The molecule has 1 aliphatic heterocycles. The Morgan fingerprint density at radius 3 is 2.63 bits per heavy atom. The number of aromatic nitrogens is 2. The summed E-state index contributed by atoms with van der Waals surface area (Å²) in [6.45, 7) is 3.14. The summed E-state index contributed by atoms with van der Waals surface area (Å²) in [4.78, 5) is 37.6. The van der Waals surface area contributed by atoms with Crippen molar-refractivity contribution >= 4 is 17.0 Å². The van der Waals surface area contributed by atoms with Gasteiger partial charge < -0.3 is 9.82 Å². The lowest BCUT2D eigenvalue weighted by atomic mass is 9.94. The summed E-state index contributed by atoms with van der Waals surface area (Å²) in [6.07, 6.45) is 1.44. The van der Waals surface area contributed by atoms with Crippen LogP contribution in [0.5, 0.6) is 0 Å². The first-order valence-electron chi connectivity index (χ1n) is 9.13. The fraction of sp³-hybridized carbons (Fsp3) is 0.286. The zero-order chi connectivity index (χ0) is 18.8. The van der Waals surface area contributed by atoms with Crippen LogP contribution in [0.1, 0.15) is 40.4 Å². The standard InChI is InChI=1S/C21H21N3O3/c1-14-7-8-17-18(13-14)23-20(25)19(22-17)15-9-11-24(12-10-15)27-21(26)16-5-3-2-4-6-16/h2-8,13,15H,9-12H2,1H3,(H,23,25). The van der Waals surface area contributed by atoms with Crippen molar-refractivity contribution in [3.63, 3.8) is 0 Å². The minimum atomic E-state index is -0.355. The Balaban J connectivity index is 1.44. The third-order valence-electron chi connectivity index (χ3n) is 4.94. The van der Waals surface area contributed by atoms with Crippen LogP contribution in [-0.4, -0.2) is 34.1 Å². The number of hydroxylamine groups is 2. The number of fused-ring (bicyclic) bond motifs is 1. The highest BCUT2D eigenvalue weighted by Crippen LogP contribution is 2.26. The number of hydrogen-bond acceptors (Lipinski definition) is 5. The number of H-pyrrole nitrogens is 1. The van der Waals surface area contributed by atoms with Crippen molar-refractivity contribution in [2.45, 2.75) is 25.7 Å². The minimum absolute atomic E-state index is 0.0612. The fourth-order valence-corrected chi connectivity index (χ4v) is 3.46. The SMILES string of the molecule is Cc1ccc2nc(C3CCN(OC(=O)c4ccccc4)CC3)c(=O)[nH]c2c1. The van der Waals surface area contributed by atoms with E-state index in [-0.39, 0.29) is 17.4 Å². The number of rotatable bonds is 3. The van der Waals surface area contributed by atoms with E-state index in [1.807, 2.05) is 43.3 Å². The van der Waals surface area contributed by atoms with Crippen LogP contribution < -0.4 is 5.56 Å². The molecule has 0 saturated carbocycles. The molecule has 1 saturated heterocycles. The third-order valence-corrected chi connectivity index (χ3v) is 4.94. The zero-order valence-electron chi connectivity index (χ0n) is 15.1. The minimum Gasteiger partial charge on any atom is -0.364 e. The summed E-state index contributed by atoms with van der Waals surface area (Å²) in [5.41, 5.74) is 3.61. The van der Waals surface area contributed by atoms with Gasteiger partial charge in [-0.3, -0.25) is 4.79 Å².